The lowest BCUT2D eigenvalue weighted by atomic mass is 10.3. The average Bonchev–Trinajstić information content (AvgIpc) is 1.83. The van der Waals surface area contributed by atoms with Gasteiger partial charge in [-0.05, 0) is 13.3 Å². The number of hydrogen-bond donors (Lipinski definition) is 1. The van der Waals surface area contributed by atoms with Crippen molar-refractivity contribution in [2.24, 2.45) is 0 Å². The van der Waals surface area contributed by atoms with Crippen molar-refractivity contribution in [1.29, 1.82) is 0 Å². The summed E-state index contributed by atoms with van der Waals surface area (Å²) in [5, 5.41) is 3.15. The van der Waals surface area contributed by atoms with Gasteiger partial charge in [-0.25, -0.2) is 0 Å². The first-order valence-electron chi connectivity index (χ1n) is 2.98. The summed E-state index contributed by atoms with van der Waals surface area (Å²) in [7, 11) is 0. The van der Waals surface area contributed by atoms with Gasteiger partial charge in [0.1, 0.15) is 0 Å². The van der Waals surface area contributed by atoms with Crippen LogP contribution in [-0.4, -0.2) is 12.6 Å². The van der Waals surface area contributed by atoms with Crippen LogP contribution in [-0.2, 0) is 0 Å². The molecule has 0 aliphatic rings. The van der Waals surface area contributed by atoms with Gasteiger partial charge in [0.15, 0.2) is 0 Å². The molecule has 1 atom stereocenters. The van der Waals surface area contributed by atoms with Crippen LogP contribution < -0.4 is 5.32 Å². The molecule has 1 nitrogen and oxygen atoms in total. The van der Waals surface area contributed by atoms with Crippen LogP contribution in [0.15, 0.2) is 0 Å². The molecule has 0 amide bonds. The van der Waals surface area contributed by atoms with E-state index in [1.54, 1.807) is 0 Å². The normalized spacial score (nSPS) is 12.6. The van der Waals surface area contributed by atoms with Gasteiger partial charge in [-0.3, -0.25) is 0 Å². The molecule has 8 heavy (non-hydrogen) atoms. The lowest BCUT2D eigenvalue weighted by molar-refractivity contribution is 0.572. The molecule has 0 heterocycles. The molecule has 0 aromatic rings. The third kappa shape index (κ3) is 3.70. The Labute approximate surface area is 51.5 Å². The highest BCUT2D eigenvalue weighted by Crippen LogP contribution is 1.84. The van der Waals surface area contributed by atoms with E-state index in [2.05, 4.69) is 25.1 Å². The molecule has 46 valence electrons. The van der Waals surface area contributed by atoms with Crippen molar-refractivity contribution >= 4 is 0 Å². The molecule has 0 aromatic heterocycles. The Morgan fingerprint density at radius 3 is 2.75 bits per heavy atom. The number of rotatable bonds is 3. The summed E-state index contributed by atoms with van der Waals surface area (Å²) in [4.78, 5) is 0. The van der Waals surface area contributed by atoms with Gasteiger partial charge >= 0.3 is 0 Å². The van der Waals surface area contributed by atoms with E-state index >= 15 is 0 Å². The van der Waals surface area contributed by atoms with E-state index in [0.29, 0.717) is 12.6 Å². The second-order valence-corrected chi connectivity index (χ2v) is 1.89. The van der Waals surface area contributed by atoms with Crippen molar-refractivity contribution in [3.8, 4) is 12.3 Å². The van der Waals surface area contributed by atoms with Crippen LogP contribution in [0.1, 0.15) is 20.3 Å². The number of nitrogens with one attached hydrogen (secondary N) is 1. The Morgan fingerprint density at radius 2 is 2.38 bits per heavy atom. The minimum absolute atomic E-state index is 0.561. The van der Waals surface area contributed by atoms with Gasteiger partial charge in [-0.15, -0.1) is 6.42 Å². The lowest BCUT2D eigenvalue weighted by Crippen LogP contribution is -2.24. The van der Waals surface area contributed by atoms with E-state index in [1.807, 2.05) is 0 Å². The zero-order chi connectivity index (χ0) is 6.41. The Balaban J connectivity index is 3.01. The van der Waals surface area contributed by atoms with E-state index < -0.39 is 0 Å². The van der Waals surface area contributed by atoms with Crippen molar-refractivity contribution in [2.75, 3.05) is 6.54 Å². The van der Waals surface area contributed by atoms with Crippen LogP contribution in [0.25, 0.3) is 0 Å². The Bertz CT molecular complexity index is 80.9. The third-order valence-electron chi connectivity index (χ3n) is 1.16. The first kappa shape index (κ1) is 7.52. The molecule has 0 aliphatic heterocycles. The fraction of sp³-hybridized carbons (Fsp3) is 0.714. The fourth-order valence-electron chi connectivity index (χ4n) is 0.377. The number of terminal acetylenes is 1. The third-order valence-corrected chi connectivity index (χ3v) is 1.16. The molecular formula is C7H13N. The van der Waals surface area contributed by atoms with Gasteiger partial charge in [0.25, 0.3) is 0 Å². The summed E-state index contributed by atoms with van der Waals surface area (Å²) < 4.78 is 0. The maximum atomic E-state index is 5.02. The SMILES string of the molecule is C#CCNC(C)CC. The predicted molar refractivity (Wildman–Crippen MR) is 36.6 cm³/mol. The van der Waals surface area contributed by atoms with Crippen LogP contribution in [0.5, 0.6) is 0 Å². The van der Waals surface area contributed by atoms with Crippen LogP contribution >= 0.6 is 0 Å². The van der Waals surface area contributed by atoms with Crippen molar-refractivity contribution in [3.05, 3.63) is 0 Å². The first-order chi connectivity index (χ1) is 3.81. The van der Waals surface area contributed by atoms with Gasteiger partial charge in [-0.1, -0.05) is 12.8 Å². The van der Waals surface area contributed by atoms with E-state index in [0.717, 1.165) is 6.42 Å². The van der Waals surface area contributed by atoms with Crippen molar-refractivity contribution < 1.29 is 0 Å². The van der Waals surface area contributed by atoms with Gasteiger partial charge in [-0.2, -0.15) is 0 Å². The zero-order valence-corrected chi connectivity index (χ0v) is 5.57. The molecule has 0 bridgehead atoms. The van der Waals surface area contributed by atoms with Crippen molar-refractivity contribution in [2.45, 2.75) is 26.3 Å². The molecular weight excluding hydrogens is 98.1 g/mol. The average molecular weight is 111 g/mol. The second-order valence-electron chi connectivity index (χ2n) is 1.89. The highest BCUT2D eigenvalue weighted by molar-refractivity contribution is 4.87. The predicted octanol–water partition coefficient (Wildman–Crippen LogP) is 1.01. The Kier molecular flexibility index (Phi) is 4.39. The van der Waals surface area contributed by atoms with Gasteiger partial charge in [0.2, 0.25) is 0 Å². The topological polar surface area (TPSA) is 12.0 Å². The summed E-state index contributed by atoms with van der Waals surface area (Å²) in [5.74, 6) is 2.52. The minimum Gasteiger partial charge on any atom is -0.304 e. The van der Waals surface area contributed by atoms with E-state index in [9.17, 15) is 0 Å². The van der Waals surface area contributed by atoms with E-state index in [-0.39, 0.29) is 0 Å². The van der Waals surface area contributed by atoms with Gasteiger partial charge in [0.05, 0.1) is 6.54 Å². The fourth-order valence-corrected chi connectivity index (χ4v) is 0.377. The van der Waals surface area contributed by atoms with E-state index in [1.165, 1.54) is 0 Å². The largest absolute Gasteiger partial charge is 0.304 e. The smallest absolute Gasteiger partial charge is 0.0575 e. The highest BCUT2D eigenvalue weighted by atomic mass is 14.9. The second kappa shape index (κ2) is 4.67. The molecule has 0 saturated heterocycles. The quantitative estimate of drug-likeness (QED) is 0.536. The first-order valence-corrected chi connectivity index (χ1v) is 2.98. The van der Waals surface area contributed by atoms with Gasteiger partial charge < -0.3 is 5.32 Å². The van der Waals surface area contributed by atoms with E-state index in [4.69, 9.17) is 6.42 Å². The molecule has 0 aromatic carbocycles. The maximum Gasteiger partial charge on any atom is 0.0575 e. The molecule has 1 unspecified atom stereocenters. The Morgan fingerprint density at radius 1 is 1.75 bits per heavy atom. The van der Waals surface area contributed by atoms with Crippen LogP contribution in [0.3, 0.4) is 0 Å². The Hall–Kier alpha value is -0.480. The lowest BCUT2D eigenvalue weighted by Gasteiger charge is -2.06. The van der Waals surface area contributed by atoms with Crippen LogP contribution in [0.2, 0.25) is 0 Å². The number of hydrogen-bond acceptors (Lipinski definition) is 1. The summed E-state index contributed by atoms with van der Waals surface area (Å²) >= 11 is 0. The molecule has 1 N–H and O–H groups in total. The molecule has 0 fully saturated rings. The van der Waals surface area contributed by atoms with Crippen molar-refractivity contribution in [1.82, 2.24) is 5.32 Å². The monoisotopic (exact) mass is 111 g/mol. The summed E-state index contributed by atoms with van der Waals surface area (Å²) in [5.41, 5.74) is 0. The van der Waals surface area contributed by atoms with Gasteiger partial charge in [0, 0.05) is 6.04 Å². The summed E-state index contributed by atoms with van der Waals surface area (Å²) in [6.45, 7) is 4.94. The van der Waals surface area contributed by atoms with Crippen LogP contribution in [0, 0.1) is 12.3 Å². The minimum atomic E-state index is 0.561. The highest BCUT2D eigenvalue weighted by Gasteiger charge is 1.91. The van der Waals surface area contributed by atoms with Crippen LogP contribution in [0.4, 0.5) is 0 Å². The molecule has 1 heteroatoms. The summed E-state index contributed by atoms with van der Waals surface area (Å²) in [6.07, 6.45) is 6.16. The molecule has 0 aliphatic carbocycles. The standard InChI is InChI=1S/C7H13N/c1-4-6-8-7(3)5-2/h1,7-8H,5-6H2,2-3H3. The zero-order valence-electron chi connectivity index (χ0n) is 5.57. The molecule has 0 rings (SSSR count). The molecule has 0 radical (unpaired) electrons. The molecule has 0 saturated carbocycles. The summed E-state index contributed by atoms with van der Waals surface area (Å²) in [6, 6.07) is 0.561. The molecule has 0 spiro atoms. The van der Waals surface area contributed by atoms with Crippen molar-refractivity contribution in [3.63, 3.8) is 0 Å². The maximum absolute atomic E-state index is 5.02.